The van der Waals surface area contributed by atoms with Gasteiger partial charge in [-0.15, -0.1) is 55.4 Å². The highest BCUT2D eigenvalue weighted by Crippen LogP contribution is 2.48. The van der Waals surface area contributed by atoms with E-state index in [0.29, 0.717) is 12.1 Å². The van der Waals surface area contributed by atoms with Crippen molar-refractivity contribution in [2.24, 2.45) is 0 Å². The molecule has 92 valence electrons. The SMILES string of the molecule is CCC[Si](Cl)(Cl)[Si](Cl)(CCC)[Si](Cl)(Cl)Cl. The Morgan fingerprint density at radius 2 is 1.13 bits per heavy atom. The van der Waals surface area contributed by atoms with Gasteiger partial charge < -0.3 is 0 Å². The lowest BCUT2D eigenvalue weighted by Crippen LogP contribution is -2.63. The summed E-state index contributed by atoms with van der Waals surface area (Å²) in [4.78, 5) is 0. The molecule has 0 aliphatic rings. The van der Waals surface area contributed by atoms with Crippen LogP contribution in [-0.4, -0.2) is 18.2 Å². The second kappa shape index (κ2) is 6.53. The van der Waals surface area contributed by atoms with Crippen LogP contribution in [0.2, 0.25) is 12.1 Å². The molecule has 0 nitrogen and oxygen atoms in total. The summed E-state index contributed by atoms with van der Waals surface area (Å²) in [5.74, 6) is 0. The van der Waals surface area contributed by atoms with E-state index in [9.17, 15) is 0 Å². The van der Waals surface area contributed by atoms with Crippen LogP contribution in [0.3, 0.4) is 0 Å². The van der Waals surface area contributed by atoms with Crippen LogP contribution < -0.4 is 0 Å². The third kappa shape index (κ3) is 4.21. The predicted octanol–water partition coefficient (Wildman–Crippen LogP) is 5.72. The standard InChI is InChI=1S/C6H14Cl6Si3/c1-3-5-13(7,8)14(9,6-4-2)15(10,11)12/h3-6H2,1-2H3. The van der Waals surface area contributed by atoms with Crippen molar-refractivity contribution >= 4 is 84.6 Å². The van der Waals surface area contributed by atoms with Crippen LogP contribution in [0.5, 0.6) is 0 Å². The van der Waals surface area contributed by atoms with E-state index in [1.165, 1.54) is 0 Å². The van der Waals surface area contributed by atoms with E-state index < -0.39 is 18.2 Å². The molecule has 1 atom stereocenters. The van der Waals surface area contributed by atoms with Gasteiger partial charge in [-0.1, -0.05) is 26.7 Å². The van der Waals surface area contributed by atoms with E-state index in [1.807, 2.05) is 13.8 Å². The molecule has 1 unspecified atom stereocenters. The molecule has 0 aromatic rings. The van der Waals surface area contributed by atoms with Gasteiger partial charge >= 0.3 is 5.52 Å². The maximum Gasteiger partial charge on any atom is 0.342 e. The summed E-state index contributed by atoms with van der Waals surface area (Å²) >= 11 is 37.7. The molecule has 0 rings (SSSR count). The first-order valence-corrected chi connectivity index (χ1v) is 19.2. The van der Waals surface area contributed by atoms with Gasteiger partial charge in [0, 0.05) is 0 Å². The van der Waals surface area contributed by atoms with Gasteiger partial charge in [-0.3, -0.25) is 0 Å². The number of rotatable bonds is 6. The third-order valence-corrected chi connectivity index (χ3v) is 55.4. The van der Waals surface area contributed by atoms with Gasteiger partial charge in [0.1, 0.15) is 0 Å². The molecule has 0 aromatic carbocycles. The Bertz CT molecular complexity index is 206. The summed E-state index contributed by atoms with van der Waals surface area (Å²) in [5.41, 5.74) is -2.99. The monoisotopic (exact) mass is 380 g/mol. The number of hydrogen-bond acceptors (Lipinski definition) is 0. The summed E-state index contributed by atoms with van der Waals surface area (Å²) in [6.07, 6.45) is -3.46. The molecule has 0 saturated heterocycles. The Kier molecular flexibility index (Phi) is 7.57. The first-order chi connectivity index (χ1) is 6.62. The van der Waals surface area contributed by atoms with Crippen molar-refractivity contribution in [1.82, 2.24) is 0 Å². The smallest absolute Gasteiger partial charge is 0.166 e. The third-order valence-electron chi connectivity index (χ3n) is 2.19. The second-order valence-electron chi connectivity index (χ2n) is 3.50. The normalized spacial score (nSPS) is 17.6. The lowest BCUT2D eigenvalue weighted by Gasteiger charge is -2.37. The maximum absolute atomic E-state index is 6.59. The number of hydrogen-bond donors (Lipinski definition) is 0. The minimum Gasteiger partial charge on any atom is -0.166 e. The maximum atomic E-state index is 6.59. The first kappa shape index (κ1) is 17.4. The van der Waals surface area contributed by atoms with E-state index in [0.717, 1.165) is 12.8 Å². The van der Waals surface area contributed by atoms with Crippen molar-refractivity contribution in [3.8, 4) is 0 Å². The number of halogens is 6. The van der Waals surface area contributed by atoms with E-state index in [-0.39, 0.29) is 0 Å². The molecule has 0 aromatic heterocycles. The summed E-state index contributed by atoms with van der Waals surface area (Å²) in [5, 5.41) is 0. The molecule has 0 aliphatic heterocycles. The van der Waals surface area contributed by atoms with Gasteiger partial charge in [-0.05, 0) is 12.1 Å². The zero-order valence-corrected chi connectivity index (χ0v) is 16.1. The van der Waals surface area contributed by atoms with Gasteiger partial charge in [-0.25, -0.2) is 0 Å². The molecule has 0 N–H and O–H groups in total. The average Bonchev–Trinajstić information content (AvgIpc) is 2.02. The molecule has 9 heteroatoms. The molecule has 0 aliphatic carbocycles. The first-order valence-electron chi connectivity index (χ1n) is 4.76. The average molecular weight is 383 g/mol. The van der Waals surface area contributed by atoms with Gasteiger partial charge in [0.15, 0.2) is 0 Å². The van der Waals surface area contributed by atoms with Crippen LogP contribution in [0.15, 0.2) is 0 Å². The molecular weight excluding hydrogens is 369 g/mol. The minimum absolute atomic E-state index is 0.705. The Morgan fingerprint density at radius 1 is 0.733 bits per heavy atom. The van der Waals surface area contributed by atoms with Crippen molar-refractivity contribution < 1.29 is 0 Å². The highest BCUT2D eigenvalue weighted by Gasteiger charge is 2.66. The van der Waals surface area contributed by atoms with Gasteiger partial charge in [-0.2, -0.15) is 11.1 Å². The van der Waals surface area contributed by atoms with E-state index in [2.05, 4.69) is 0 Å². The fourth-order valence-electron chi connectivity index (χ4n) is 1.39. The van der Waals surface area contributed by atoms with Crippen molar-refractivity contribution in [3.63, 3.8) is 0 Å². The van der Waals surface area contributed by atoms with Crippen LogP contribution in [0, 0.1) is 0 Å². The molecule has 0 spiro atoms. The van der Waals surface area contributed by atoms with Gasteiger partial charge in [0.05, 0.1) is 0 Å². The van der Waals surface area contributed by atoms with Gasteiger partial charge in [0.2, 0.25) is 6.42 Å². The van der Waals surface area contributed by atoms with E-state index in [1.54, 1.807) is 0 Å². The van der Waals surface area contributed by atoms with E-state index >= 15 is 0 Å². The Balaban J connectivity index is 5.10. The highest BCUT2D eigenvalue weighted by molar-refractivity contribution is 8.12. The summed E-state index contributed by atoms with van der Waals surface area (Å²) in [7, 11) is 0. The second-order valence-corrected chi connectivity index (χ2v) is 39.8. The fraction of sp³-hybridized carbons (Fsp3) is 1.00. The summed E-state index contributed by atoms with van der Waals surface area (Å²) in [6, 6.07) is 1.42. The molecule has 0 bridgehead atoms. The lowest BCUT2D eigenvalue weighted by molar-refractivity contribution is 1.06. The van der Waals surface area contributed by atoms with Crippen molar-refractivity contribution in [2.75, 3.05) is 0 Å². The van der Waals surface area contributed by atoms with Crippen molar-refractivity contribution in [3.05, 3.63) is 0 Å². The van der Waals surface area contributed by atoms with Crippen LogP contribution in [0.25, 0.3) is 0 Å². The predicted molar refractivity (Wildman–Crippen MR) is 82.6 cm³/mol. The molecule has 0 radical (unpaired) electrons. The van der Waals surface area contributed by atoms with Crippen molar-refractivity contribution in [2.45, 2.75) is 38.8 Å². The highest BCUT2D eigenvalue weighted by atomic mass is 35.9. The molecule has 0 heterocycles. The van der Waals surface area contributed by atoms with Crippen LogP contribution in [0.4, 0.5) is 0 Å². The molecule has 0 fully saturated rings. The fourth-order valence-corrected chi connectivity index (χ4v) is 51.0. The van der Waals surface area contributed by atoms with Crippen LogP contribution >= 0.6 is 66.5 Å². The topological polar surface area (TPSA) is 0 Å². The summed E-state index contributed by atoms with van der Waals surface area (Å²) < 4.78 is 0. The summed E-state index contributed by atoms with van der Waals surface area (Å²) in [6.45, 7) is 4.03. The Hall–Kier alpha value is 2.39. The largest absolute Gasteiger partial charge is 0.342 e. The Morgan fingerprint density at radius 3 is 1.40 bits per heavy atom. The molecule has 15 heavy (non-hydrogen) atoms. The van der Waals surface area contributed by atoms with E-state index in [4.69, 9.17) is 66.5 Å². The molecular formula is C6H14Cl6Si3. The Labute approximate surface area is 122 Å². The van der Waals surface area contributed by atoms with Crippen LogP contribution in [-0.2, 0) is 0 Å². The molecule has 0 amide bonds. The lowest BCUT2D eigenvalue weighted by atomic mass is 10.6. The zero-order chi connectivity index (χ0) is 12.3. The minimum atomic E-state index is -2.99. The molecule has 0 saturated carbocycles. The zero-order valence-electron chi connectivity index (χ0n) is 8.60. The van der Waals surface area contributed by atoms with Crippen LogP contribution in [0.1, 0.15) is 26.7 Å². The quantitative estimate of drug-likeness (QED) is 0.406. The van der Waals surface area contributed by atoms with Crippen molar-refractivity contribution in [1.29, 1.82) is 0 Å². The van der Waals surface area contributed by atoms with Gasteiger partial charge in [0.25, 0.3) is 6.21 Å².